The maximum Gasteiger partial charge on any atom is 0.319 e. The van der Waals surface area contributed by atoms with Crippen LogP contribution in [0.2, 0.25) is 0 Å². The molecule has 0 spiro atoms. The van der Waals surface area contributed by atoms with Gasteiger partial charge in [0.25, 0.3) is 5.91 Å². The van der Waals surface area contributed by atoms with E-state index in [4.69, 9.17) is 4.42 Å². The zero-order chi connectivity index (χ0) is 23.9. The third-order valence-electron chi connectivity index (χ3n) is 5.13. The van der Waals surface area contributed by atoms with Gasteiger partial charge in [0.15, 0.2) is 5.78 Å². The number of hydrogen-bond donors (Lipinski definition) is 3. The van der Waals surface area contributed by atoms with Crippen molar-refractivity contribution in [1.29, 1.82) is 0 Å². The van der Waals surface area contributed by atoms with Crippen LogP contribution in [0.5, 0.6) is 0 Å². The Kier molecular flexibility index (Phi) is 6.84. The van der Waals surface area contributed by atoms with Gasteiger partial charge in [-0.1, -0.05) is 48.0 Å². The third-order valence-corrected chi connectivity index (χ3v) is 5.13. The summed E-state index contributed by atoms with van der Waals surface area (Å²) in [6.07, 6.45) is 1.54. The second-order valence-electron chi connectivity index (χ2n) is 7.66. The maximum atomic E-state index is 13.0. The molecule has 0 saturated carbocycles. The lowest BCUT2D eigenvalue weighted by molar-refractivity contribution is 0.0996. The van der Waals surface area contributed by atoms with Crippen LogP contribution in [0.15, 0.2) is 95.6 Å². The van der Waals surface area contributed by atoms with Gasteiger partial charge >= 0.3 is 6.03 Å². The minimum absolute atomic E-state index is 0.217. The molecule has 0 bridgehead atoms. The molecule has 7 nitrogen and oxygen atoms in total. The number of aryl methyl sites for hydroxylation is 1. The zero-order valence-corrected chi connectivity index (χ0v) is 18.5. The number of ketones is 1. The van der Waals surface area contributed by atoms with Gasteiger partial charge in [-0.05, 0) is 49.4 Å². The minimum atomic E-state index is -0.395. The van der Waals surface area contributed by atoms with E-state index in [2.05, 4.69) is 16.0 Å². The lowest BCUT2D eigenvalue weighted by Gasteiger charge is -2.11. The molecule has 0 unspecified atom stereocenters. The standard InChI is InChI=1S/C27H23N3O4/c1-18-8-10-19(11-9-18)25(31)23-6-2-3-7-24(23)26(32)29-20-12-14-21(15-13-20)30-27(33)28-17-22-5-4-16-34-22/h2-16H,17H2,1H3,(H,29,32)(H2,28,30,33). The Hall–Kier alpha value is -4.65. The average molecular weight is 453 g/mol. The first kappa shape index (κ1) is 22.5. The van der Waals surface area contributed by atoms with Gasteiger partial charge in [-0.3, -0.25) is 9.59 Å². The SMILES string of the molecule is Cc1ccc(C(=O)c2ccccc2C(=O)Nc2ccc(NC(=O)NCc3ccco3)cc2)cc1. The highest BCUT2D eigenvalue weighted by Crippen LogP contribution is 2.19. The zero-order valence-electron chi connectivity index (χ0n) is 18.5. The van der Waals surface area contributed by atoms with Crippen molar-refractivity contribution in [2.75, 3.05) is 10.6 Å². The van der Waals surface area contributed by atoms with E-state index in [-0.39, 0.29) is 23.9 Å². The molecule has 3 amide bonds. The molecule has 0 aliphatic heterocycles. The first-order valence-electron chi connectivity index (χ1n) is 10.7. The minimum Gasteiger partial charge on any atom is -0.467 e. The van der Waals surface area contributed by atoms with Crippen molar-refractivity contribution in [2.45, 2.75) is 13.5 Å². The van der Waals surface area contributed by atoms with E-state index in [1.165, 1.54) is 0 Å². The quantitative estimate of drug-likeness (QED) is 0.327. The fraction of sp³-hybridized carbons (Fsp3) is 0.0741. The van der Waals surface area contributed by atoms with Gasteiger partial charge in [-0.25, -0.2) is 4.79 Å². The summed E-state index contributed by atoms with van der Waals surface area (Å²) in [6.45, 7) is 2.22. The van der Waals surface area contributed by atoms with Crippen LogP contribution in [0.25, 0.3) is 0 Å². The number of carbonyl (C=O) groups is 3. The summed E-state index contributed by atoms with van der Waals surface area (Å²) in [5, 5.41) is 8.21. The molecule has 1 heterocycles. The molecule has 4 aromatic rings. The first-order chi connectivity index (χ1) is 16.5. The number of benzene rings is 3. The molecule has 0 radical (unpaired) electrons. The molecule has 0 atom stereocenters. The van der Waals surface area contributed by atoms with Gasteiger partial charge in [0.2, 0.25) is 0 Å². The lowest BCUT2D eigenvalue weighted by atomic mass is 9.97. The van der Waals surface area contributed by atoms with Crippen LogP contribution >= 0.6 is 0 Å². The topological polar surface area (TPSA) is 100 Å². The predicted molar refractivity (Wildman–Crippen MR) is 130 cm³/mol. The highest BCUT2D eigenvalue weighted by Gasteiger charge is 2.18. The molecule has 0 aliphatic rings. The number of urea groups is 1. The van der Waals surface area contributed by atoms with Crippen molar-refractivity contribution in [3.05, 3.63) is 119 Å². The van der Waals surface area contributed by atoms with Crippen LogP contribution < -0.4 is 16.0 Å². The highest BCUT2D eigenvalue weighted by molar-refractivity contribution is 6.17. The summed E-state index contributed by atoms with van der Waals surface area (Å²) in [7, 11) is 0. The van der Waals surface area contributed by atoms with Gasteiger partial charge in [0.05, 0.1) is 18.4 Å². The van der Waals surface area contributed by atoms with E-state index >= 15 is 0 Å². The number of anilines is 2. The predicted octanol–water partition coefficient (Wildman–Crippen LogP) is 5.39. The Morgan fingerprint density at radius 1 is 0.735 bits per heavy atom. The Morgan fingerprint density at radius 2 is 1.38 bits per heavy atom. The number of carbonyl (C=O) groups excluding carboxylic acids is 3. The van der Waals surface area contributed by atoms with E-state index in [9.17, 15) is 14.4 Å². The summed E-state index contributed by atoms with van der Waals surface area (Å²) in [4.78, 5) is 37.9. The Bertz CT molecular complexity index is 1290. The molecule has 7 heteroatoms. The molecule has 0 saturated heterocycles. The Morgan fingerprint density at radius 3 is 2.03 bits per heavy atom. The average Bonchev–Trinajstić information content (AvgIpc) is 3.38. The van der Waals surface area contributed by atoms with Crippen LogP contribution in [-0.2, 0) is 6.54 Å². The number of nitrogens with one attached hydrogen (secondary N) is 3. The number of amides is 3. The molecular formula is C27H23N3O4. The Labute approximate surface area is 196 Å². The summed E-state index contributed by atoms with van der Waals surface area (Å²) < 4.78 is 5.17. The van der Waals surface area contributed by atoms with E-state index in [0.29, 0.717) is 28.3 Å². The van der Waals surface area contributed by atoms with Crippen molar-refractivity contribution in [3.63, 3.8) is 0 Å². The van der Waals surface area contributed by atoms with E-state index in [1.807, 2.05) is 19.1 Å². The van der Waals surface area contributed by atoms with Crippen LogP contribution in [0.1, 0.15) is 37.6 Å². The van der Waals surface area contributed by atoms with Crippen LogP contribution in [0.4, 0.5) is 16.2 Å². The van der Waals surface area contributed by atoms with Gasteiger partial charge in [0.1, 0.15) is 5.76 Å². The van der Waals surface area contributed by atoms with Crippen molar-refractivity contribution in [1.82, 2.24) is 5.32 Å². The van der Waals surface area contributed by atoms with Gasteiger partial charge in [-0.2, -0.15) is 0 Å². The molecule has 3 aromatic carbocycles. The van der Waals surface area contributed by atoms with Crippen LogP contribution in [-0.4, -0.2) is 17.7 Å². The monoisotopic (exact) mass is 453 g/mol. The molecule has 0 aliphatic carbocycles. The van der Waals surface area contributed by atoms with Crippen LogP contribution in [0.3, 0.4) is 0 Å². The largest absolute Gasteiger partial charge is 0.467 e. The first-order valence-corrected chi connectivity index (χ1v) is 10.7. The molecule has 34 heavy (non-hydrogen) atoms. The number of rotatable bonds is 7. The van der Waals surface area contributed by atoms with E-state index < -0.39 is 5.91 Å². The summed E-state index contributed by atoms with van der Waals surface area (Å²) in [6, 6.07) is 23.8. The molecule has 4 rings (SSSR count). The fourth-order valence-corrected chi connectivity index (χ4v) is 3.33. The van der Waals surface area contributed by atoms with E-state index in [1.54, 1.807) is 79.1 Å². The fourth-order valence-electron chi connectivity index (χ4n) is 3.33. The second-order valence-corrected chi connectivity index (χ2v) is 7.66. The Balaban J connectivity index is 1.40. The van der Waals surface area contributed by atoms with E-state index in [0.717, 1.165) is 5.56 Å². The van der Waals surface area contributed by atoms with Crippen molar-refractivity contribution in [2.24, 2.45) is 0 Å². The highest BCUT2D eigenvalue weighted by atomic mass is 16.3. The van der Waals surface area contributed by atoms with Gasteiger partial charge < -0.3 is 20.4 Å². The summed E-state index contributed by atoms with van der Waals surface area (Å²) in [5.74, 6) is 0.0353. The number of furan rings is 1. The molecular weight excluding hydrogens is 430 g/mol. The van der Waals surface area contributed by atoms with Crippen LogP contribution in [0, 0.1) is 6.92 Å². The molecule has 170 valence electrons. The molecule has 0 fully saturated rings. The van der Waals surface area contributed by atoms with Crippen molar-refractivity contribution >= 4 is 29.1 Å². The second kappa shape index (κ2) is 10.3. The normalized spacial score (nSPS) is 10.4. The molecule has 3 N–H and O–H groups in total. The maximum absolute atomic E-state index is 13.0. The third kappa shape index (κ3) is 5.58. The smallest absolute Gasteiger partial charge is 0.319 e. The molecule has 1 aromatic heterocycles. The van der Waals surface area contributed by atoms with Crippen molar-refractivity contribution < 1.29 is 18.8 Å². The summed E-state index contributed by atoms with van der Waals surface area (Å²) in [5.41, 5.74) is 3.28. The van der Waals surface area contributed by atoms with Gasteiger partial charge in [0, 0.05) is 22.5 Å². The summed E-state index contributed by atoms with van der Waals surface area (Å²) >= 11 is 0. The lowest BCUT2D eigenvalue weighted by Crippen LogP contribution is -2.27. The van der Waals surface area contributed by atoms with Crippen molar-refractivity contribution in [3.8, 4) is 0 Å². The number of hydrogen-bond acceptors (Lipinski definition) is 4. The van der Waals surface area contributed by atoms with Gasteiger partial charge in [-0.15, -0.1) is 0 Å².